The van der Waals surface area contributed by atoms with Gasteiger partial charge in [-0.15, -0.1) is 0 Å². The number of azo groups is 1. The lowest BCUT2D eigenvalue weighted by molar-refractivity contribution is 0.0588. The van der Waals surface area contributed by atoms with Crippen LogP contribution in [0.4, 0.5) is 4.79 Å². The van der Waals surface area contributed by atoms with Gasteiger partial charge in [0.25, 0.3) is 0 Å². The Balaban J connectivity index is 1.77. The van der Waals surface area contributed by atoms with Crippen LogP contribution in [0.2, 0.25) is 0 Å². The monoisotopic (exact) mass is 211 g/mol. The maximum absolute atomic E-state index is 11.2. The highest BCUT2D eigenvalue weighted by atomic mass is 16.6. The minimum Gasteiger partial charge on any atom is -0.441 e. The van der Waals surface area contributed by atoms with Gasteiger partial charge in [0, 0.05) is 18.5 Å². The summed E-state index contributed by atoms with van der Waals surface area (Å²) < 4.78 is 5.02. The zero-order chi connectivity index (χ0) is 11.1. The van der Waals surface area contributed by atoms with Crippen LogP contribution in [0.25, 0.3) is 0 Å². The Morgan fingerprint density at radius 1 is 1.47 bits per heavy atom. The molecule has 1 aliphatic carbocycles. The summed E-state index contributed by atoms with van der Waals surface area (Å²) in [7, 11) is 0. The van der Waals surface area contributed by atoms with Gasteiger partial charge in [-0.05, 0) is 27.2 Å². The number of ether oxygens (including phenoxy) is 1. The van der Waals surface area contributed by atoms with Crippen molar-refractivity contribution in [3.05, 3.63) is 0 Å². The molecule has 0 aromatic heterocycles. The third-order valence-corrected chi connectivity index (χ3v) is 2.77. The Morgan fingerprint density at radius 3 is 2.53 bits per heavy atom. The highest BCUT2D eigenvalue weighted by molar-refractivity contribution is 5.67. The summed E-state index contributed by atoms with van der Waals surface area (Å²) in [4.78, 5) is 11.2. The lowest BCUT2D eigenvalue weighted by Gasteiger charge is -2.26. The molecule has 5 heteroatoms. The fraction of sp³-hybridized carbons (Fsp3) is 0.900. The molecule has 2 aliphatic rings. The van der Waals surface area contributed by atoms with E-state index in [1.165, 1.54) is 0 Å². The smallest absolute Gasteiger partial charge is 0.441 e. The number of nitrogens with one attached hydrogen (secondary N) is 1. The fourth-order valence-corrected chi connectivity index (χ4v) is 1.71. The molecule has 1 N–H and O–H groups in total. The fourth-order valence-electron chi connectivity index (χ4n) is 1.71. The summed E-state index contributed by atoms with van der Waals surface area (Å²) in [5, 5.41) is 10.8. The van der Waals surface area contributed by atoms with Gasteiger partial charge in [-0.3, -0.25) is 0 Å². The molecule has 0 aromatic rings. The van der Waals surface area contributed by atoms with Crippen molar-refractivity contribution in [1.29, 1.82) is 0 Å². The molecular weight excluding hydrogens is 194 g/mol. The molecule has 0 radical (unpaired) electrons. The van der Waals surface area contributed by atoms with Crippen molar-refractivity contribution in [2.75, 3.05) is 13.1 Å². The Labute approximate surface area is 89.3 Å². The molecule has 5 nitrogen and oxygen atoms in total. The number of amides is 1. The van der Waals surface area contributed by atoms with E-state index in [2.05, 4.69) is 15.5 Å². The maximum Gasteiger partial charge on any atom is 0.452 e. The van der Waals surface area contributed by atoms with Gasteiger partial charge in [0.2, 0.25) is 0 Å². The van der Waals surface area contributed by atoms with E-state index in [1.807, 2.05) is 20.8 Å². The van der Waals surface area contributed by atoms with E-state index in [0.717, 1.165) is 19.5 Å². The van der Waals surface area contributed by atoms with Crippen molar-refractivity contribution >= 4 is 6.09 Å². The molecule has 1 heterocycles. The second kappa shape index (κ2) is 3.27. The molecule has 84 valence electrons. The summed E-state index contributed by atoms with van der Waals surface area (Å²) in [6.07, 6.45) is 0.462. The van der Waals surface area contributed by atoms with Gasteiger partial charge >= 0.3 is 6.09 Å². The molecule has 2 rings (SSSR count). The lowest BCUT2D eigenvalue weighted by atomic mass is 10.00. The molecule has 1 amide bonds. The van der Waals surface area contributed by atoms with E-state index in [-0.39, 0.29) is 6.04 Å². The first-order chi connectivity index (χ1) is 6.91. The minimum absolute atomic E-state index is 0.228. The minimum atomic E-state index is -0.586. The van der Waals surface area contributed by atoms with E-state index in [1.54, 1.807) is 0 Å². The zero-order valence-corrected chi connectivity index (χ0v) is 9.41. The average molecular weight is 211 g/mol. The Morgan fingerprint density at radius 2 is 2.13 bits per heavy atom. The Bertz CT molecular complexity index is 302. The first-order valence-electron chi connectivity index (χ1n) is 5.26. The standard InChI is InChI=1S/C10H17N3O2/c1-9(2,3)15-8(14)13-12-7-4-10(7)5-11-6-10/h7,11H,4-6H2,1-3H3. The van der Waals surface area contributed by atoms with Crippen LogP contribution in [0.1, 0.15) is 27.2 Å². The molecular formula is C10H17N3O2. The molecule has 1 aliphatic heterocycles. The number of carbonyl (C=O) groups is 1. The number of hydrogen-bond donors (Lipinski definition) is 1. The van der Waals surface area contributed by atoms with Gasteiger partial charge in [0.15, 0.2) is 0 Å². The van der Waals surface area contributed by atoms with Crippen LogP contribution in [0.3, 0.4) is 0 Å². The van der Waals surface area contributed by atoms with Gasteiger partial charge in [0.1, 0.15) is 5.60 Å². The highest BCUT2D eigenvalue weighted by Crippen LogP contribution is 2.51. The molecule has 1 unspecified atom stereocenters. The number of rotatable bonds is 1. The highest BCUT2D eigenvalue weighted by Gasteiger charge is 2.59. The first kappa shape index (κ1) is 10.5. The van der Waals surface area contributed by atoms with Gasteiger partial charge in [-0.25, -0.2) is 4.79 Å². The predicted octanol–water partition coefficient (Wildman–Crippen LogP) is 1.74. The van der Waals surface area contributed by atoms with Crippen LogP contribution in [-0.4, -0.2) is 30.8 Å². The third-order valence-electron chi connectivity index (χ3n) is 2.77. The van der Waals surface area contributed by atoms with Crippen molar-refractivity contribution in [3.63, 3.8) is 0 Å². The van der Waals surface area contributed by atoms with Crippen molar-refractivity contribution in [1.82, 2.24) is 5.32 Å². The van der Waals surface area contributed by atoms with Crippen LogP contribution in [0.5, 0.6) is 0 Å². The summed E-state index contributed by atoms with van der Waals surface area (Å²) >= 11 is 0. The second-order valence-corrected chi connectivity index (χ2v) is 5.38. The van der Waals surface area contributed by atoms with Crippen LogP contribution in [0.15, 0.2) is 10.2 Å². The topological polar surface area (TPSA) is 63.0 Å². The normalized spacial score (nSPS) is 27.8. The van der Waals surface area contributed by atoms with Crippen molar-refractivity contribution in [3.8, 4) is 0 Å². The SMILES string of the molecule is CC(C)(C)OC(=O)N=NC1CC12CNC2. The van der Waals surface area contributed by atoms with Gasteiger partial charge in [-0.1, -0.05) is 5.11 Å². The van der Waals surface area contributed by atoms with Gasteiger partial charge in [-0.2, -0.15) is 5.11 Å². The first-order valence-corrected chi connectivity index (χ1v) is 5.26. The van der Waals surface area contributed by atoms with E-state index in [4.69, 9.17) is 4.74 Å². The van der Waals surface area contributed by atoms with Crippen molar-refractivity contribution in [2.24, 2.45) is 15.6 Å². The lowest BCUT2D eigenvalue weighted by Crippen LogP contribution is -2.45. The summed E-state index contributed by atoms with van der Waals surface area (Å²) in [5.41, 5.74) is -0.166. The molecule has 0 aromatic carbocycles. The van der Waals surface area contributed by atoms with Gasteiger partial charge in [0.05, 0.1) is 6.04 Å². The zero-order valence-electron chi connectivity index (χ0n) is 9.41. The molecule has 0 bridgehead atoms. The largest absolute Gasteiger partial charge is 0.452 e. The van der Waals surface area contributed by atoms with Crippen LogP contribution < -0.4 is 5.32 Å². The molecule has 1 atom stereocenters. The van der Waals surface area contributed by atoms with E-state index < -0.39 is 11.7 Å². The average Bonchev–Trinajstić information content (AvgIpc) is 2.70. The summed E-state index contributed by atoms with van der Waals surface area (Å²) in [6.45, 7) is 7.45. The van der Waals surface area contributed by atoms with Crippen LogP contribution in [0, 0.1) is 5.41 Å². The maximum atomic E-state index is 11.2. The van der Waals surface area contributed by atoms with E-state index in [0.29, 0.717) is 5.41 Å². The molecule has 1 spiro atoms. The number of hydrogen-bond acceptors (Lipinski definition) is 4. The predicted molar refractivity (Wildman–Crippen MR) is 54.8 cm³/mol. The Hall–Kier alpha value is -0.970. The Kier molecular flexibility index (Phi) is 2.30. The van der Waals surface area contributed by atoms with Crippen LogP contribution >= 0.6 is 0 Å². The molecule has 1 saturated heterocycles. The molecule has 2 fully saturated rings. The van der Waals surface area contributed by atoms with Crippen LogP contribution in [-0.2, 0) is 4.74 Å². The number of carbonyl (C=O) groups excluding carboxylic acids is 1. The van der Waals surface area contributed by atoms with Gasteiger partial charge < -0.3 is 10.1 Å². The third kappa shape index (κ3) is 2.34. The molecule has 1 saturated carbocycles. The van der Waals surface area contributed by atoms with E-state index in [9.17, 15) is 4.79 Å². The quantitative estimate of drug-likeness (QED) is 0.672. The molecule has 15 heavy (non-hydrogen) atoms. The second-order valence-electron chi connectivity index (χ2n) is 5.38. The number of nitrogens with zero attached hydrogens (tertiary/aromatic N) is 2. The van der Waals surface area contributed by atoms with Crippen molar-refractivity contribution in [2.45, 2.75) is 38.8 Å². The summed E-state index contributed by atoms with van der Waals surface area (Å²) in [5.74, 6) is 0. The van der Waals surface area contributed by atoms with Crippen molar-refractivity contribution < 1.29 is 9.53 Å². The van der Waals surface area contributed by atoms with E-state index >= 15 is 0 Å². The summed E-state index contributed by atoms with van der Waals surface area (Å²) in [6, 6.07) is 0.228.